The van der Waals surface area contributed by atoms with Gasteiger partial charge < -0.3 is 9.15 Å². The lowest BCUT2D eigenvalue weighted by Crippen LogP contribution is -2.00. The summed E-state index contributed by atoms with van der Waals surface area (Å²) >= 11 is 1.72. The summed E-state index contributed by atoms with van der Waals surface area (Å²) in [5, 5.41) is 9.97. The number of rotatable bonds is 5. The zero-order chi connectivity index (χ0) is 14.5. The molecule has 0 saturated carbocycles. The van der Waals surface area contributed by atoms with Crippen molar-refractivity contribution in [1.29, 1.82) is 5.26 Å². The second-order valence-corrected chi connectivity index (χ2v) is 5.55. The lowest BCUT2D eigenvalue weighted by molar-refractivity contribution is 0.340. The van der Waals surface area contributed by atoms with Crippen molar-refractivity contribution in [1.82, 2.24) is 0 Å². The van der Waals surface area contributed by atoms with Crippen molar-refractivity contribution in [2.24, 2.45) is 0 Å². The van der Waals surface area contributed by atoms with Gasteiger partial charge in [0.2, 0.25) is 5.76 Å². The monoisotopic (exact) mass is 295 g/mol. The van der Waals surface area contributed by atoms with E-state index in [1.807, 2.05) is 48.5 Å². The molecule has 3 aromatic rings. The minimum atomic E-state index is 0.237. The van der Waals surface area contributed by atoms with Crippen LogP contribution < -0.4 is 4.74 Å². The number of thioether (sulfide) groups is 1. The van der Waals surface area contributed by atoms with E-state index in [9.17, 15) is 0 Å². The van der Waals surface area contributed by atoms with E-state index in [0.717, 1.165) is 11.1 Å². The van der Waals surface area contributed by atoms with Crippen LogP contribution in [0.3, 0.4) is 0 Å². The molecule has 0 amide bonds. The Kier molecular flexibility index (Phi) is 4.13. The number of benzene rings is 2. The van der Waals surface area contributed by atoms with Crippen LogP contribution in [0.15, 0.2) is 63.9 Å². The predicted octanol–water partition coefficient (Wildman–Crippen LogP) is 4.48. The number of fused-ring (bicyclic) bond motifs is 1. The molecule has 1 heterocycles. The minimum absolute atomic E-state index is 0.237. The van der Waals surface area contributed by atoms with Crippen molar-refractivity contribution in [2.75, 3.05) is 12.4 Å². The maximum absolute atomic E-state index is 9.13. The SMILES string of the molecule is N#Cc1oc2ccccc2c1OCCSc1ccccc1. The highest BCUT2D eigenvalue weighted by molar-refractivity contribution is 7.99. The average Bonchev–Trinajstić information content (AvgIpc) is 2.90. The van der Waals surface area contributed by atoms with E-state index in [-0.39, 0.29) is 5.76 Å². The first-order valence-electron chi connectivity index (χ1n) is 6.61. The normalized spacial score (nSPS) is 10.4. The van der Waals surface area contributed by atoms with E-state index >= 15 is 0 Å². The summed E-state index contributed by atoms with van der Waals surface area (Å²) in [7, 11) is 0. The Morgan fingerprint density at radius 1 is 1.05 bits per heavy atom. The summed E-state index contributed by atoms with van der Waals surface area (Å²) in [6, 6.07) is 19.7. The van der Waals surface area contributed by atoms with Crippen molar-refractivity contribution >= 4 is 22.7 Å². The molecule has 0 bridgehead atoms. The van der Waals surface area contributed by atoms with Crippen LogP contribution in [0.1, 0.15) is 5.76 Å². The molecule has 0 N–H and O–H groups in total. The quantitative estimate of drug-likeness (QED) is 0.514. The molecule has 0 spiro atoms. The van der Waals surface area contributed by atoms with Crippen LogP contribution in [-0.2, 0) is 0 Å². The molecule has 104 valence electrons. The van der Waals surface area contributed by atoms with Gasteiger partial charge >= 0.3 is 0 Å². The van der Waals surface area contributed by atoms with Crippen molar-refractivity contribution in [3.05, 3.63) is 60.4 Å². The number of nitrogens with zero attached hydrogens (tertiary/aromatic N) is 1. The lowest BCUT2D eigenvalue weighted by Gasteiger charge is -2.04. The van der Waals surface area contributed by atoms with Gasteiger partial charge in [0.25, 0.3) is 0 Å². The fraction of sp³-hybridized carbons (Fsp3) is 0.118. The van der Waals surface area contributed by atoms with Gasteiger partial charge in [0.1, 0.15) is 11.7 Å². The molecule has 0 aliphatic carbocycles. The van der Waals surface area contributed by atoms with Gasteiger partial charge in [0.05, 0.1) is 12.0 Å². The number of furan rings is 1. The minimum Gasteiger partial charge on any atom is -0.487 e. The molecule has 0 saturated heterocycles. The lowest BCUT2D eigenvalue weighted by atomic mass is 10.2. The first-order chi connectivity index (χ1) is 10.4. The molecular weight excluding hydrogens is 282 g/mol. The predicted molar refractivity (Wildman–Crippen MR) is 83.6 cm³/mol. The van der Waals surface area contributed by atoms with E-state index < -0.39 is 0 Å². The van der Waals surface area contributed by atoms with E-state index in [4.69, 9.17) is 14.4 Å². The molecule has 0 radical (unpaired) electrons. The number of hydrogen-bond donors (Lipinski definition) is 0. The second kappa shape index (κ2) is 6.38. The highest BCUT2D eigenvalue weighted by Gasteiger charge is 2.14. The van der Waals surface area contributed by atoms with E-state index in [0.29, 0.717) is 17.9 Å². The zero-order valence-electron chi connectivity index (χ0n) is 11.3. The van der Waals surface area contributed by atoms with Gasteiger partial charge in [-0.3, -0.25) is 0 Å². The third kappa shape index (κ3) is 3.04. The molecule has 3 nitrogen and oxygen atoms in total. The summed E-state index contributed by atoms with van der Waals surface area (Å²) in [4.78, 5) is 1.21. The third-order valence-corrected chi connectivity index (χ3v) is 3.97. The van der Waals surface area contributed by atoms with Gasteiger partial charge in [-0.1, -0.05) is 30.3 Å². The second-order valence-electron chi connectivity index (χ2n) is 4.38. The van der Waals surface area contributed by atoms with E-state index in [1.54, 1.807) is 11.8 Å². The highest BCUT2D eigenvalue weighted by Crippen LogP contribution is 2.32. The zero-order valence-corrected chi connectivity index (χ0v) is 12.1. The van der Waals surface area contributed by atoms with Gasteiger partial charge in [-0.05, 0) is 24.3 Å². The van der Waals surface area contributed by atoms with E-state index in [1.165, 1.54) is 4.90 Å². The third-order valence-electron chi connectivity index (χ3n) is 2.99. The molecular formula is C17H13NO2S. The summed E-state index contributed by atoms with van der Waals surface area (Å²) in [5.41, 5.74) is 0.680. The summed E-state index contributed by atoms with van der Waals surface area (Å²) in [6.45, 7) is 0.526. The molecule has 3 rings (SSSR count). The number of nitriles is 1. The fourth-order valence-corrected chi connectivity index (χ4v) is 2.81. The number of para-hydroxylation sites is 1. The van der Waals surface area contributed by atoms with Crippen LogP contribution in [0.4, 0.5) is 0 Å². The number of hydrogen-bond acceptors (Lipinski definition) is 4. The Morgan fingerprint density at radius 2 is 1.81 bits per heavy atom. The van der Waals surface area contributed by atoms with Gasteiger partial charge in [-0.2, -0.15) is 5.26 Å². The highest BCUT2D eigenvalue weighted by atomic mass is 32.2. The Labute approximate surface area is 127 Å². The van der Waals surface area contributed by atoms with Gasteiger partial charge in [-0.15, -0.1) is 11.8 Å². The van der Waals surface area contributed by atoms with Crippen molar-refractivity contribution in [3.8, 4) is 11.8 Å². The standard InChI is InChI=1S/C17H13NO2S/c18-12-16-17(14-8-4-5-9-15(14)20-16)19-10-11-21-13-6-2-1-3-7-13/h1-9H,10-11H2. The maximum atomic E-state index is 9.13. The topological polar surface area (TPSA) is 46.2 Å². The van der Waals surface area contributed by atoms with E-state index in [2.05, 4.69) is 12.1 Å². The van der Waals surface area contributed by atoms with Crippen LogP contribution in [-0.4, -0.2) is 12.4 Å². The van der Waals surface area contributed by atoms with Crippen LogP contribution in [0, 0.1) is 11.3 Å². The van der Waals surface area contributed by atoms with Gasteiger partial charge in [0.15, 0.2) is 5.75 Å². The molecule has 21 heavy (non-hydrogen) atoms. The van der Waals surface area contributed by atoms with Crippen LogP contribution in [0.5, 0.6) is 5.75 Å². The molecule has 4 heteroatoms. The Balaban J connectivity index is 1.67. The summed E-state index contributed by atoms with van der Waals surface area (Å²) in [5.74, 6) is 1.59. The average molecular weight is 295 g/mol. The van der Waals surface area contributed by atoms with Crippen LogP contribution >= 0.6 is 11.8 Å². The molecule has 0 fully saturated rings. The summed E-state index contributed by atoms with van der Waals surface area (Å²) in [6.07, 6.45) is 0. The van der Waals surface area contributed by atoms with Crippen LogP contribution in [0.2, 0.25) is 0 Å². The maximum Gasteiger partial charge on any atom is 0.246 e. The molecule has 2 aromatic carbocycles. The smallest absolute Gasteiger partial charge is 0.246 e. The summed E-state index contributed by atoms with van der Waals surface area (Å²) < 4.78 is 11.2. The first-order valence-corrected chi connectivity index (χ1v) is 7.59. The molecule has 0 aliphatic heterocycles. The van der Waals surface area contributed by atoms with Crippen molar-refractivity contribution in [2.45, 2.75) is 4.90 Å². The first kappa shape index (κ1) is 13.6. The Bertz CT molecular complexity index is 774. The Morgan fingerprint density at radius 3 is 2.62 bits per heavy atom. The van der Waals surface area contributed by atoms with Crippen LogP contribution in [0.25, 0.3) is 11.0 Å². The van der Waals surface area contributed by atoms with Gasteiger partial charge in [0, 0.05) is 10.6 Å². The largest absolute Gasteiger partial charge is 0.487 e. The number of ether oxygens (including phenoxy) is 1. The van der Waals surface area contributed by atoms with Gasteiger partial charge in [-0.25, -0.2) is 0 Å². The van der Waals surface area contributed by atoms with Crippen molar-refractivity contribution < 1.29 is 9.15 Å². The molecule has 1 aromatic heterocycles. The Hall–Kier alpha value is -2.38. The molecule has 0 unspecified atom stereocenters. The molecule has 0 atom stereocenters. The van der Waals surface area contributed by atoms with Crippen molar-refractivity contribution in [3.63, 3.8) is 0 Å². The fourth-order valence-electron chi connectivity index (χ4n) is 2.06. The molecule has 0 aliphatic rings.